The summed E-state index contributed by atoms with van der Waals surface area (Å²) < 4.78 is 45.2. The van der Waals surface area contributed by atoms with Crippen LogP contribution in [0.3, 0.4) is 0 Å². The van der Waals surface area contributed by atoms with E-state index in [1.807, 2.05) is 4.90 Å². The van der Waals surface area contributed by atoms with Gasteiger partial charge in [-0.25, -0.2) is 9.97 Å². The van der Waals surface area contributed by atoms with Crippen molar-refractivity contribution in [2.75, 3.05) is 31.4 Å². The summed E-state index contributed by atoms with van der Waals surface area (Å²) in [4.78, 5) is 26.8. The third kappa shape index (κ3) is 5.57. The van der Waals surface area contributed by atoms with E-state index in [-0.39, 0.29) is 30.5 Å². The van der Waals surface area contributed by atoms with E-state index in [1.165, 1.54) is 25.4 Å². The summed E-state index contributed by atoms with van der Waals surface area (Å²) in [5.74, 6) is 0.514. The van der Waals surface area contributed by atoms with Gasteiger partial charge < -0.3 is 15.0 Å². The summed E-state index contributed by atoms with van der Waals surface area (Å²) >= 11 is 0. The van der Waals surface area contributed by atoms with Crippen molar-refractivity contribution in [3.63, 3.8) is 0 Å². The lowest BCUT2D eigenvalue weighted by atomic mass is 10.0. The number of alkyl halides is 3. The molecule has 1 aliphatic rings. The Bertz CT molecular complexity index is 877. The third-order valence-corrected chi connectivity index (χ3v) is 4.46. The molecule has 162 valence electrons. The van der Waals surface area contributed by atoms with E-state index in [0.717, 1.165) is 6.07 Å². The summed E-state index contributed by atoms with van der Waals surface area (Å²) in [6, 6.07) is 4.02. The Labute approximate surface area is 171 Å². The molecule has 0 atom stereocenters. The molecule has 0 spiro atoms. The highest BCUT2D eigenvalue weighted by Crippen LogP contribution is 2.33. The number of carbonyl (C=O) groups excluding carboxylic acids is 1. The fraction of sp³-hybridized carbons (Fsp3) is 0.421. The number of hydrogen-bond donors (Lipinski definition) is 1. The minimum absolute atomic E-state index is 0.0795. The molecule has 2 heterocycles. The van der Waals surface area contributed by atoms with E-state index in [9.17, 15) is 18.0 Å². The molecule has 30 heavy (non-hydrogen) atoms. The number of nitrogens with one attached hydrogen (secondary N) is 1. The molecule has 1 N–H and O–H groups in total. The number of aromatic nitrogens is 2. The van der Waals surface area contributed by atoms with Crippen molar-refractivity contribution in [1.82, 2.24) is 20.3 Å². The van der Waals surface area contributed by atoms with Crippen molar-refractivity contribution in [3.05, 3.63) is 47.3 Å². The van der Waals surface area contributed by atoms with Crippen molar-refractivity contribution < 1.29 is 27.5 Å². The van der Waals surface area contributed by atoms with E-state index in [0.29, 0.717) is 31.3 Å². The summed E-state index contributed by atoms with van der Waals surface area (Å²) in [6.45, 7) is 4.30. The van der Waals surface area contributed by atoms with Gasteiger partial charge in [0.1, 0.15) is 6.61 Å². The van der Waals surface area contributed by atoms with Crippen LogP contribution >= 0.6 is 0 Å². The molecular formula is C19H22F3N5O3. The minimum atomic E-state index is -4.45. The van der Waals surface area contributed by atoms with E-state index in [2.05, 4.69) is 15.3 Å². The molecule has 0 saturated carbocycles. The zero-order valence-electron chi connectivity index (χ0n) is 16.6. The second kappa shape index (κ2) is 9.26. The van der Waals surface area contributed by atoms with Crippen LogP contribution < -0.4 is 15.0 Å². The maximum atomic E-state index is 13.2. The highest BCUT2D eigenvalue weighted by molar-refractivity contribution is 5.72. The highest BCUT2D eigenvalue weighted by atomic mass is 19.4. The number of hydroxylamine groups is 2. The monoisotopic (exact) mass is 425 g/mol. The predicted molar refractivity (Wildman–Crippen MR) is 101 cm³/mol. The van der Waals surface area contributed by atoms with Gasteiger partial charge in [-0.1, -0.05) is 12.1 Å². The quantitative estimate of drug-likeness (QED) is 0.762. The van der Waals surface area contributed by atoms with E-state index in [1.54, 1.807) is 18.1 Å². The highest BCUT2D eigenvalue weighted by Gasteiger charge is 2.33. The largest absolute Gasteiger partial charge is 0.486 e. The Morgan fingerprint density at radius 2 is 2.03 bits per heavy atom. The van der Waals surface area contributed by atoms with Gasteiger partial charge in [-0.3, -0.25) is 9.63 Å². The number of hydrogen-bond acceptors (Lipinski definition) is 7. The minimum Gasteiger partial charge on any atom is -0.486 e. The molecule has 0 aliphatic carbocycles. The van der Waals surface area contributed by atoms with Crippen LogP contribution in [0.1, 0.15) is 23.6 Å². The molecule has 1 saturated heterocycles. The Kier molecular flexibility index (Phi) is 6.73. The van der Waals surface area contributed by atoms with Gasteiger partial charge in [0, 0.05) is 19.0 Å². The molecule has 1 amide bonds. The maximum Gasteiger partial charge on any atom is 0.416 e. The second-order valence-electron chi connectivity index (χ2n) is 6.72. The van der Waals surface area contributed by atoms with Crippen molar-refractivity contribution in [1.29, 1.82) is 0 Å². The summed E-state index contributed by atoms with van der Waals surface area (Å²) in [6.07, 6.45) is -1.62. The average Bonchev–Trinajstić information content (AvgIpc) is 2.71. The van der Waals surface area contributed by atoms with Gasteiger partial charge in [-0.2, -0.15) is 18.2 Å². The van der Waals surface area contributed by atoms with Crippen LogP contribution in [0.25, 0.3) is 0 Å². The molecule has 3 rings (SSSR count). The number of rotatable bonds is 6. The molecule has 1 aliphatic heterocycles. The zero-order chi connectivity index (χ0) is 21.7. The Hall–Kier alpha value is -2.92. The molecule has 0 radical (unpaired) electrons. The second-order valence-corrected chi connectivity index (χ2v) is 6.72. The summed E-state index contributed by atoms with van der Waals surface area (Å²) in [5.41, 5.74) is -0.140. The van der Waals surface area contributed by atoms with Crippen molar-refractivity contribution in [2.45, 2.75) is 26.6 Å². The smallest absolute Gasteiger partial charge is 0.416 e. The zero-order valence-corrected chi connectivity index (χ0v) is 16.6. The molecule has 1 aromatic heterocycles. The fourth-order valence-electron chi connectivity index (χ4n) is 2.90. The number of anilines is 1. The summed E-state index contributed by atoms with van der Waals surface area (Å²) in [5, 5.41) is 4.21. The van der Waals surface area contributed by atoms with Crippen LogP contribution in [0.2, 0.25) is 0 Å². The molecule has 0 unspecified atom stereocenters. The Morgan fingerprint density at radius 1 is 1.30 bits per heavy atom. The number of ether oxygens (including phenoxy) is 1. The van der Waals surface area contributed by atoms with Crippen LogP contribution in [-0.4, -0.2) is 47.4 Å². The van der Waals surface area contributed by atoms with Gasteiger partial charge in [-0.05, 0) is 18.6 Å². The van der Waals surface area contributed by atoms with Crippen LogP contribution in [-0.2, 0) is 22.4 Å². The molecule has 1 aromatic carbocycles. The standard InChI is InChI=1S/C19H22F3N5O3/c1-13-4-3-5-17(19(20,21)22)16(13)10-29-15-8-23-18(24-9-15)26-6-7-30-27(12-26)11-25-14(2)28/h3-5,8-9H,6-7,10-12H2,1-2H3,(H,25,28). The number of amides is 1. The maximum absolute atomic E-state index is 13.2. The Balaban J connectivity index is 1.63. The number of carbonyl (C=O) groups is 1. The molecule has 2 aromatic rings. The number of nitrogens with zero attached hydrogens (tertiary/aromatic N) is 4. The van der Waals surface area contributed by atoms with Gasteiger partial charge in [-0.15, -0.1) is 0 Å². The van der Waals surface area contributed by atoms with Crippen LogP contribution in [0.4, 0.5) is 19.1 Å². The van der Waals surface area contributed by atoms with Gasteiger partial charge in [0.25, 0.3) is 0 Å². The normalized spacial score (nSPS) is 15.2. The molecule has 11 heteroatoms. The topological polar surface area (TPSA) is 79.8 Å². The average molecular weight is 425 g/mol. The lowest BCUT2D eigenvalue weighted by Crippen LogP contribution is -2.50. The van der Waals surface area contributed by atoms with E-state index < -0.39 is 11.7 Å². The van der Waals surface area contributed by atoms with Gasteiger partial charge >= 0.3 is 6.18 Å². The van der Waals surface area contributed by atoms with Gasteiger partial charge in [0.2, 0.25) is 11.9 Å². The molecular weight excluding hydrogens is 403 g/mol. The molecule has 8 nitrogen and oxygen atoms in total. The fourth-order valence-corrected chi connectivity index (χ4v) is 2.90. The number of halogens is 3. The van der Waals surface area contributed by atoms with E-state index >= 15 is 0 Å². The van der Waals surface area contributed by atoms with Gasteiger partial charge in [0.15, 0.2) is 5.75 Å². The van der Waals surface area contributed by atoms with Crippen LogP contribution in [0.5, 0.6) is 5.75 Å². The first-order chi connectivity index (χ1) is 14.2. The van der Waals surface area contributed by atoms with Crippen molar-refractivity contribution in [3.8, 4) is 5.75 Å². The number of benzene rings is 1. The van der Waals surface area contributed by atoms with E-state index in [4.69, 9.17) is 9.57 Å². The molecule has 0 bridgehead atoms. The Morgan fingerprint density at radius 3 is 2.70 bits per heavy atom. The van der Waals surface area contributed by atoms with Crippen LogP contribution in [0.15, 0.2) is 30.6 Å². The van der Waals surface area contributed by atoms with Crippen molar-refractivity contribution >= 4 is 11.9 Å². The SMILES string of the molecule is CC(=O)NCN1CN(c2ncc(OCc3c(C)cccc3C(F)(F)F)cn2)CCO1. The first-order valence-electron chi connectivity index (χ1n) is 9.22. The van der Waals surface area contributed by atoms with Crippen LogP contribution in [0, 0.1) is 6.92 Å². The van der Waals surface area contributed by atoms with Gasteiger partial charge in [0.05, 0.1) is 37.9 Å². The first kappa shape index (κ1) is 21.8. The predicted octanol–water partition coefficient (Wildman–Crippen LogP) is 2.49. The molecule has 1 fully saturated rings. The number of aryl methyl sites for hydroxylation is 1. The van der Waals surface area contributed by atoms with Crippen molar-refractivity contribution in [2.24, 2.45) is 0 Å². The third-order valence-electron chi connectivity index (χ3n) is 4.46. The lowest BCUT2D eigenvalue weighted by molar-refractivity contribution is -0.179. The first-order valence-corrected chi connectivity index (χ1v) is 9.22. The summed E-state index contributed by atoms with van der Waals surface area (Å²) in [7, 11) is 0. The lowest BCUT2D eigenvalue weighted by Gasteiger charge is -2.34.